The van der Waals surface area contributed by atoms with E-state index < -0.39 is 0 Å². The standard InChI is InChI=1S/C19H19N3OS/c1-13-20-18-11-22(8-7-17(18)19(23)21-13)10-16-9-15(12-24-16)14-5-3-2-4-6-14/h2-6,9,12H,7-8,10-11H2,1H3,(H,20,21,23). The third-order valence-electron chi connectivity index (χ3n) is 4.41. The van der Waals surface area contributed by atoms with Crippen molar-refractivity contribution in [2.45, 2.75) is 26.4 Å². The van der Waals surface area contributed by atoms with Crippen molar-refractivity contribution >= 4 is 11.3 Å². The number of nitrogens with one attached hydrogen (secondary N) is 1. The number of hydrogen-bond acceptors (Lipinski definition) is 4. The molecule has 0 unspecified atom stereocenters. The highest BCUT2D eigenvalue weighted by molar-refractivity contribution is 7.10. The first-order valence-electron chi connectivity index (χ1n) is 8.13. The molecule has 0 bridgehead atoms. The number of fused-ring (bicyclic) bond motifs is 1. The third-order valence-corrected chi connectivity index (χ3v) is 5.33. The van der Waals surface area contributed by atoms with Crippen molar-refractivity contribution in [1.29, 1.82) is 0 Å². The minimum atomic E-state index is 0.0274. The number of aromatic nitrogens is 2. The average Bonchev–Trinajstić information content (AvgIpc) is 3.03. The van der Waals surface area contributed by atoms with Gasteiger partial charge in [-0.15, -0.1) is 11.3 Å². The molecule has 0 fully saturated rings. The van der Waals surface area contributed by atoms with Crippen LogP contribution in [0.25, 0.3) is 11.1 Å². The number of aryl methyl sites for hydroxylation is 1. The predicted molar refractivity (Wildman–Crippen MR) is 97.2 cm³/mol. The summed E-state index contributed by atoms with van der Waals surface area (Å²) >= 11 is 1.80. The number of rotatable bonds is 3. The molecule has 0 amide bonds. The molecule has 0 saturated heterocycles. The van der Waals surface area contributed by atoms with Gasteiger partial charge in [0, 0.05) is 30.1 Å². The van der Waals surface area contributed by atoms with E-state index in [9.17, 15) is 4.79 Å². The van der Waals surface area contributed by atoms with Gasteiger partial charge in [0.1, 0.15) is 5.82 Å². The van der Waals surface area contributed by atoms with Crippen LogP contribution in [-0.2, 0) is 19.5 Å². The molecule has 4 nitrogen and oxygen atoms in total. The smallest absolute Gasteiger partial charge is 0.254 e. The molecule has 24 heavy (non-hydrogen) atoms. The van der Waals surface area contributed by atoms with E-state index in [0.29, 0.717) is 5.82 Å². The maximum atomic E-state index is 12.0. The fraction of sp³-hybridized carbons (Fsp3) is 0.263. The first kappa shape index (κ1) is 15.3. The number of benzene rings is 1. The topological polar surface area (TPSA) is 49.0 Å². The van der Waals surface area contributed by atoms with E-state index in [-0.39, 0.29) is 5.56 Å². The number of thiophene rings is 1. The van der Waals surface area contributed by atoms with E-state index in [1.165, 1.54) is 16.0 Å². The van der Waals surface area contributed by atoms with E-state index in [1.54, 1.807) is 11.3 Å². The van der Waals surface area contributed by atoms with Crippen LogP contribution in [-0.4, -0.2) is 21.4 Å². The van der Waals surface area contributed by atoms with Crippen LogP contribution in [0.5, 0.6) is 0 Å². The van der Waals surface area contributed by atoms with Gasteiger partial charge < -0.3 is 4.98 Å². The quantitative estimate of drug-likeness (QED) is 0.797. The Balaban J connectivity index is 1.51. The van der Waals surface area contributed by atoms with Crippen LogP contribution in [0, 0.1) is 6.92 Å². The molecule has 0 saturated carbocycles. The second-order valence-electron chi connectivity index (χ2n) is 6.20. The highest BCUT2D eigenvalue weighted by Gasteiger charge is 2.21. The minimum absolute atomic E-state index is 0.0274. The average molecular weight is 337 g/mol. The summed E-state index contributed by atoms with van der Waals surface area (Å²) in [6, 6.07) is 12.7. The fourth-order valence-electron chi connectivity index (χ4n) is 3.22. The summed E-state index contributed by atoms with van der Waals surface area (Å²) in [4.78, 5) is 23.0. The molecule has 0 aliphatic carbocycles. The molecular formula is C19H19N3OS. The van der Waals surface area contributed by atoms with Crippen LogP contribution in [0.2, 0.25) is 0 Å². The summed E-state index contributed by atoms with van der Waals surface area (Å²) < 4.78 is 0. The zero-order valence-corrected chi connectivity index (χ0v) is 14.4. The second-order valence-corrected chi connectivity index (χ2v) is 7.20. The van der Waals surface area contributed by atoms with Crippen LogP contribution < -0.4 is 5.56 Å². The molecule has 1 aliphatic heterocycles. The summed E-state index contributed by atoms with van der Waals surface area (Å²) in [7, 11) is 0. The van der Waals surface area contributed by atoms with Crippen LogP contribution in [0.15, 0.2) is 46.6 Å². The molecule has 122 valence electrons. The van der Waals surface area contributed by atoms with Gasteiger partial charge in [0.15, 0.2) is 0 Å². The molecule has 2 aromatic heterocycles. The highest BCUT2D eigenvalue weighted by Crippen LogP contribution is 2.27. The van der Waals surface area contributed by atoms with Gasteiger partial charge in [-0.1, -0.05) is 30.3 Å². The normalized spacial score (nSPS) is 14.5. The van der Waals surface area contributed by atoms with Crippen molar-refractivity contribution in [1.82, 2.24) is 14.9 Å². The molecule has 0 radical (unpaired) electrons. The number of H-pyrrole nitrogens is 1. The van der Waals surface area contributed by atoms with Crippen LogP contribution in [0.4, 0.5) is 0 Å². The lowest BCUT2D eigenvalue weighted by Crippen LogP contribution is -2.35. The van der Waals surface area contributed by atoms with Gasteiger partial charge in [-0.25, -0.2) is 4.98 Å². The van der Waals surface area contributed by atoms with Crippen molar-refractivity contribution in [3.63, 3.8) is 0 Å². The molecular weight excluding hydrogens is 318 g/mol. The Hall–Kier alpha value is -2.24. The zero-order valence-electron chi connectivity index (χ0n) is 13.6. The highest BCUT2D eigenvalue weighted by atomic mass is 32.1. The van der Waals surface area contributed by atoms with Crippen molar-refractivity contribution < 1.29 is 0 Å². The molecule has 3 heterocycles. The Kier molecular flexibility index (Phi) is 4.04. The zero-order chi connectivity index (χ0) is 16.5. The summed E-state index contributed by atoms with van der Waals surface area (Å²) in [5.74, 6) is 0.697. The Morgan fingerprint density at radius 1 is 1.25 bits per heavy atom. The van der Waals surface area contributed by atoms with Gasteiger partial charge in [0.25, 0.3) is 5.56 Å². The lowest BCUT2D eigenvalue weighted by atomic mass is 10.1. The summed E-state index contributed by atoms with van der Waals surface area (Å²) in [5.41, 5.74) is 4.35. The maximum Gasteiger partial charge on any atom is 0.254 e. The first-order chi connectivity index (χ1) is 11.7. The Labute approximate surface area is 144 Å². The van der Waals surface area contributed by atoms with E-state index in [1.807, 2.05) is 13.0 Å². The van der Waals surface area contributed by atoms with Crippen LogP contribution in [0.3, 0.4) is 0 Å². The molecule has 1 aromatic carbocycles. The van der Waals surface area contributed by atoms with Crippen molar-refractivity contribution in [3.8, 4) is 11.1 Å². The largest absolute Gasteiger partial charge is 0.311 e. The molecule has 3 aromatic rings. The SMILES string of the molecule is Cc1nc2c(c(=O)[nH]1)CCN(Cc1cc(-c3ccccc3)cs1)C2. The Morgan fingerprint density at radius 2 is 2.08 bits per heavy atom. The molecule has 5 heteroatoms. The van der Waals surface area contributed by atoms with Crippen molar-refractivity contribution in [2.75, 3.05) is 6.54 Å². The Bertz CT molecular complexity index is 914. The summed E-state index contributed by atoms with van der Waals surface area (Å²) in [6.07, 6.45) is 0.773. The number of hydrogen-bond donors (Lipinski definition) is 1. The molecule has 1 N–H and O–H groups in total. The van der Waals surface area contributed by atoms with Gasteiger partial charge in [0.2, 0.25) is 0 Å². The minimum Gasteiger partial charge on any atom is -0.311 e. The van der Waals surface area contributed by atoms with E-state index in [2.05, 4.69) is 50.6 Å². The first-order valence-corrected chi connectivity index (χ1v) is 9.01. The summed E-state index contributed by atoms with van der Waals surface area (Å²) in [6.45, 7) is 4.40. The van der Waals surface area contributed by atoms with Gasteiger partial charge in [0.05, 0.1) is 5.69 Å². The van der Waals surface area contributed by atoms with E-state index in [0.717, 1.165) is 37.3 Å². The molecule has 0 atom stereocenters. The van der Waals surface area contributed by atoms with Gasteiger partial charge in [-0.3, -0.25) is 9.69 Å². The van der Waals surface area contributed by atoms with E-state index >= 15 is 0 Å². The number of nitrogens with zero attached hydrogens (tertiary/aromatic N) is 2. The van der Waals surface area contributed by atoms with Crippen molar-refractivity contribution in [2.24, 2.45) is 0 Å². The van der Waals surface area contributed by atoms with Crippen LogP contribution >= 0.6 is 11.3 Å². The number of aromatic amines is 1. The predicted octanol–water partition coefficient (Wildman–Crippen LogP) is 3.37. The lowest BCUT2D eigenvalue weighted by molar-refractivity contribution is 0.242. The van der Waals surface area contributed by atoms with E-state index in [4.69, 9.17) is 0 Å². The van der Waals surface area contributed by atoms with Gasteiger partial charge in [-0.2, -0.15) is 0 Å². The Morgan fingerprint density at radius 3 is 2.92 bits per heavy atom. The van der Waals surface area contributed by atoms with Crippen molar-refractivity contribution in [3.05, 3.63) is 74.1 Å². The molecule has 4 rings (SSSR count). The fourth-order valence-corrected chi connectivity index (χ4v) is 4.15. The van der Waals surface area contributed by atoms with Crippen LogP contribution in [0.1, 0.15) is 22.0 Å². The second kappa shape index (κ2) is 6.34. The lowest BCUT2D eigenvalue weighted by Gasteiger charge is -2.27. The summed E-state index contributed by atoms with van der Waals surface area (Å²) in [5, 5.41) is 2.22. The molecule has 1 aliphatic rings. The third kappa shape index (κ3) is 3.05. The monoisotopic (exact) mass is 337 g/mol. The maximum absolute atomic E-state index is 12.0. The van der Waals surface area contributed by atoms with Gasteiger partial charge in [-0.05, 0) is 35.9 Å². The molecule has 0 spiro atoms. The van der Waals surface area contributed by atoms with Gasteiger partial charge >= 0.3 is 0 Å².